The summed E-state index contributed by atoms with van der Waals surface area (Å²) in [7, 11) is 0. The van der Waals surface area contributed by atoms with Crippen molar-refractivity contribution in [3.8, 4) is 0 Å². The topological polar surface area (TPSA) is 51.6 Å². The largest absolute Gasteiger partial charge is 0.269 e. The van der Waals surface area contributed by atoms with E-state index in [1.54, 1.807) is 36.7 Å². The van der Waals surface area contributed by atoms with Crippen LogP contribution in [0.2, 0.25) is 0 Å². The molecule has 0 fully saturated rings. The smallest absolute Gasteiger partial charge is 0.254 e. The van der Waals surface area contributed by atoms with E-state index in [2.05, 4.69) is 19.9 Å². The van der Waals surface area contributed by atoms with Gasteiger partial charge in [0.15, 0.2) is 0 Å². The number of benzene rings is 1. The quantitative estimate of drug-likeness (QED) is 0.460. The van der Waals surface area contributed by atoms with Crippen molar-refractivity contribution in [2.75, 3.05) is 0 Å². The lowest BCUT2D eigenvalue weighted by atomic mass is 10.1. The molecule has 4 rings (SSSR count). The monoisotopic (exact) mass is 268 g/mol. The van der Waals surface area contributed by atoms with Crippen LogP contribution in [-0.4, -0.2) is 19.9 Å². The molecule has 0 spiro atoms. The number of nitrogens with zero attached hydrogens (tertiary/aromatic N) is 4. The van der Waals surface area contributed by atoms with E-state index in [9.17, 15) is 8.78 Å². The first-order valence-corrected chi connectivity index (χ1v) is 5.90. The molecule has 20 heavy (non-hydrogen) atoms. The number of aromatic nitrogens is 4. The van der Waals surface area contributed by atoms with E-state index < -0.39 is 11.9 Å². The van der Waals surface area contributed by atoms with Crippen molar-refractivity contribution in [3.05, 3.63) is 48.6 Å². The first kappa shape index (κ1) is 11.1. The molecule has 0 aliphatic rings. The van der Waals surface area contributed by atoms with E-state index in [0.29, 0.717) is 21.8 Å². The Hall–Kier alpha value is -2.76. The highest BCUT2D eigenvalue weighted by Crippen LogP contribution is 2.30. The normalized spacial score (nSPS) is 11.5. The van der Waals surface area contributed by atoms with Crippen LogP contribution in [0.1, 0.15) is 0 Å². The Labute approximate surface area is 111 Å². The van der Waals surface area contributed by atoms with Gasteiger partial charge in [-0.2, -0.15) is 8.78 Å². The minimum Gasteiger partial charge on any atom is -0.254 e. The maximum absolute atomic E-state index is 13.4. The average Bonchev–Trinajstić information content (AvgIpc) is 2.49. The number of hydrogen-bond donors (Lipinski definition) is 0. The van der Waals surface area contributed by atoms with Crippen LogP contribution in [0.15, 0.2) is 36.7 Å². The lowest BCUT2D eigenvalue weighted by Crippen LogP contribution is -1.98. The van der Waals surface area contributed by atoms with Gasteiger partial charge in [-0.05, 0) is 24.3 Å². The van der Waals surface area contributed by atoms with E-state index >= 15 is 0 Å². The summed E-state index contributed by atoms with van der Waals surface area (Å²) in [6.45, 7) is 0. The summed E-state index contributed by atoms with van der Waals surface area (Å²) in [4.78, 5) is 15.9. The van der Waals surface area contributed by atoms with Gasteiger partial charge in [-0.15, -0.1) is 0 Å². The van der Waals surface area contributed by atoms with Crippen LogP contribution < -0.4 is 0 Å². The highest BCUT2D eigenvalue weighted by molar-refractivity contribution is 6.20. The van der Waals surface area contributed by atoms with Gasteiger partial charge >= 0.3 is 0 Å². The second kappa shape index (κ2) is 3.86. The Morgan fingerprint density at radius 2 is 1.10 bits per heavy atom. The molecule has 0 saturated heterocycles. The lowest BCUT2D eigenvalue weighted by Gasteiger charge is -2.07. The molecule has 3 heterocycles. The van der Waals surface area contributed by atoms with Crippen LogP contribution in [-0.2, 0) is 0 Å². The molecule has 4 nitrogen and oxygen atoms in total. The molecule has 96 valence electrons. The summed E-state index contributed by atoms with van der Waals surface area (Å²) in [6.07, 6.45) is 3.24. The highest BCUT2D eigenvalue weighted by atomic mass is 19.2. The second-order valence-corrected chi connectivity index (χ2v) is 4.30. The summed E-state index contributed by atoms with van der Waals surface area (Å²) in [6, 6.07) is 6.90. The van der Waals surface area contributed by atoms with Gasteiger partial charge in [0, 0.05) is 23.2 Å². The molecule has 0 saturated carbocycles. The third-order valence-electron chi connectivity index (χ3n) is 3.16. The first-order chi connectivity index (χ1) is 9.75. The van der Waals surface area contributed by atoms with Gasteiger partial charge in [0.1, 0.15) is 11.0 Å². The van der Waals surface area contributed by atoms with Gasteiger partial charge in [0.25, 0.3) is 11.9 Å². The molecule has 0 aliphatic heterocycles. The van der Waals surface area contributed by atoms with Crippen molar-refractivity contribution in [2.45, 2.75) is 0 Å². The van der Waals surface area contributed by atoms with Crippen molar-refractivity contribution in [3.63, 3.8) is 0 Å². The molecule has 0 aliphatic carbocycles. The van der Waals surface area contributed by atoms with Gasteiger partial charge in [-0.25, -0.2) is 9.97 Å². The van der Waals surface area contributed by atoms with E-state index in [4.69, 9.17) is 0 Å². The molecule has 0 N–H and O–H groups in total. The number of hydrogen-bond acceptors (Lipinski definition) is 4. The van der Waals surface area contributed by atoms with Crippen molar-refractivity contribution >= 4 is 32.8 Å². The Bertz CT molecular complexity index is 904. The molecule has 3 aromatic heterocycles. The molecule has 6 heteroatoms. The summed E-state index contributed by atoms with van der Waals surface area (Å²) >= 11 is 0. The maximum Gasteiger partial charge on any atom is 0.269 e. The van der Waals surface area contributed by atoms with Gasteiger partial charge < -0.3 is 0 Å². The van der Waals surface area contributed by atoms with Crippen LogP contribution in [0.25, 0.3) is 32.8 Å². The van der Waals surface area contributed by atoms with Gasteiger partial charge in [-0.3, -0.25) is 9.97 Å². The molecular formula is C14H6F2N4. The van der Waals surface area contributed by atoms with E-state index in [1.807, 2.05) is 0 Å². The van der Waals surface area contributed by atoms with Crippen molar-refractivity contribution in [1.29, 1.82) is 0 Å². The standard InChI is InChI=1S/C14H6F2N4/c15-13-14(16)20-12-8-4-2-6-18-10(8)9-7(11(12)19-13)3-1-5-17-9/h1-6H. The lowest BCUT2D eigenvalue weighted by molar-refractivity contribution is 0.459. The number of fused-ring (bicyclic) bond motifs is 6. The maximum atomic E-state index is 13.4. The predicted octanol–water partition coefficient (Wildman–Crippen LogP) is 3.00. The van der Waals surface area contributed by atoms with Crippen LogP contribution >= 0.6 is 0 Å². The van der Waals surface area contributed by atoms with Gasteiger partial charge in [-0.1, -0.05) is 0 Å². The number of rotatable bonds is 0. The molecule has 4 aromatic rings. The third-order valence-corrected chi connectivity index (χ3v) is 3.16. The summed E-state index contributed by atoms with van der Waals surface area (Å²) in [5, 5.41) is 1.19. The van der Waals surface area contributed by atoms with Crippen LogP contribution in [0.4, 0.5) is 8.78 Å². The Morgan fingerprint density at radius 1 is 0.650 bits per heavy atom. The fraction of sp³-hybridized carbons (Fsp3) is 0. The van der Waals surface area contributed by atoms with Gasteiger partial charge in [0.2, 0.25) is 0 Å². The first-order valence-electron chi connectivity index (χ1n) is 5.90. The van der Waals surface area contributed by atoms with Gasteiger partial charge in [0.05, 0.1) is 11.0 Å². The van der Waals surface area contributed by atoms with Crippen molar-refractivity contribution in [2.24, 2.45) is 0 Å². The summed E-state index contributed by atoms with van der Waals surface area (Å²) < 4.78 is 26.8. The van der Waals surface area contributed by atoms with E-state index in [0.717, 1.165) is 0 Å². The van der Waals surface area contributed by atoms with E-state index in [1.165, 1.54) is 0 Å². The fourth-order valence-electron chi connectivity index (χ4n) is 2.34. The predicted molar refractivity (Wildman–Crippen MR) is 70.1 cm³/mol. The molecule has 0 amide bonds. The second-order valence-electron chi connectivity index (χ2n) is 4.30. The van der Waals surface area contributed by atoms with Crippen LogP contribution in [0.3, 0.4) is 0 Å². The molecule has 0 unspecified atom stereocenters. The molecule has 1 aromatic carbocycles. The van der Waals surface area contributed by atoms with E-state index in [-0.39, 0.29) is 11.0 Å². The van der Waals surface area contributed by atoms with Crippen molar-refractivity contribution in [1.82, 2.24) is 19.9 Å². The molecule has 0 atom stereocenters. The number of pyridine rings is 2. The summed E-state index contributed by atoms with van der Waals surface area (Å²) in [5.74, 6) is -2.43. The Morgan fingerprint density at radius 3 is 1.55 bits per heavy atom. The Kier molecular flexibility index (Phi) is 2.14. The minimum absolute atomic E-state index is 0.285. The van der Waals surface area contributed by atoms with Crippen LogP contribution in [0, 0.1) is 11.9 Å². The average molecular weight is 268 g/mol. The van der Waals surface area contributed by atoms with Crippen LogP contribution in [0.5, 0.6) is 0 Å². The van der Waals surface area contributed by atoms with Crippen molar-refractivity contribution < 1.29 is 8.78 Å². The number of halogens is 2. The molecule has 0 bridgehead atoms. The highest BCUT2D eigenvalue weighted by Gasteiger charge is 2.15. The zero-order valence-electron chi connectivity index (χ0n) is 10.0. The minimum atomic E-state index is -1.22. The molecule has 0 radical (unpaired) electrons. The zero-order valence-corrected chi connectivity index (χ0v) is 10.0. The Balaban J connectivity index is 2.42. The fourth-order valence-corrected chi connectivity index (χ4v) is 2.34. The zero-order chi connectivity index (χ0) is 13.7. The third kappa shape index (κ3) is 1.38. The molecular weight excluding hydrogens is 262 g/mol. The summed E-state index contributed by atoms with van der Waals surface area (Å²) in [5.41, 5.74) is 1.76. The SMILES string of the molecule is Fc1nc2c3cccnc3c3ncccc3c2nc1F.